The van der Waals surface area contributed by atoms with Crippen LogP contribution < -0.4 is 0 Å². The van der Waals surface area contributed by atoms with Crippen molar-refractivity contribution in [1.29, 1.82) is 0 Å². The van der Waals surface area contributed by atoms with Gasteiger partial charge in [0.25, 0.3) is 0 Å². The van der Waals surface area contributed by atoms with Crippen LogP contribution in [0.25, 0.3) is 82.9 Å². The summed E-state index contributed by atoms with van der Waals surface area (Å²) >= 11 is 0. The Labute approximate surface area is 282 Å². The van der Waals surface area contributed by atoms with Gasteiger partial charge in [-0.1, -0.05) is 142 Å². The minimum atomic E-state index is 0.0762. The number of allylic oxidation sites excluding steroid dienone is 1. The maximum atomic E-state index is 4.34. The molecule has 1 heterocycles. The Morgan fingerprint density at radius 3 is 1.77 bits per heavy atom. The molecular weight excluding hydrogens is 579 g/mol. The summed E-state index contributed by atoms with van der Waals surface area (Å²) in [6, 6.07) is 45.7. The highest BCUT2D eigenvalue weighted by molar-refractivity contribution is 6.28. The van der Waals surface area contributed by atoms with E-state index in [1.165, 1.54) is 88.0 Å². The molecule has 0 bridgehead atoms. The summed E-state index contributed by atoms with van der Waals surface area (Å²) in [5.41, 5.74) is 14.2. The zero-order valence-corrected chi connectivity index (χ0v) is 27.7. The smallest absolute Gasteiger partial charge is 0.0346 e. The molecule has 9 rings (SSSR count). The molecule has 0 amide bonds. The van der Waals surface area contributed by atoms with Gasteiger partial charge in [-0.2, -0.15) is 0 Å². The van der Waals surface area contributed by atoms with E-state index in [0.29, 0.717) is 0 Å². The standard InChI is InChI=1S/C47H37N/c1-47(2,3)38-26-35-21-23-41-43(33-15-13-30(14-16-33)37-10-7-25-48-29-37)28-44(42-24-22-36(27-38)45(35)46(41)42)34-19-17-32(18-20-34)40-12-6-9-31-8-4-5-11-39(31)40/h4,6-10,12-29H,5,11H2,1-3H3. The van der Waals surface area contributed by atoms with Crippen LogP contribution >= 0.6 is 0 Å². The normalized spacial score (nSPS) is 13.1. The molecule has 8 aromatic rings. The van der Waals surface area contributed by atoms with E-state index in [0.717, 1.165) is 18.4 Å². The Kier molecular flexibility index (Phi) is 6.59. The van der Waals surface area contributed by atoms with Crippen molar-refractivity contribution in [3.05, 3.63) is 156 Å². The lowest BCUT2D eigenvalue weighted by molar-refractivity contribution is 0.591. The molecule has 48 heavy (non-hydrogen) atoms. The van der Waals surface area contributed by atoms with Gasteiger partial charge in [-0.05, 0) is 124 Å². The molecule has 230 valence electrons. The molecule has 1 aromatic heterocycles. The number of fused-ring (bicyclic) bond motifs is 1. The Morgan fingerprint density at radius 1 is 0.542 bits per heavy atom. The molecule has 0 unspecified atom stereocenters. The molecule has 1 aliphatic carbocycles. The van der Waals surface area contributed by atoms with Gasteiger partial charge in [-0.15, -0.1) is 0 Å². The molecule has 0 atom stereocenters. The van der Waals surface area contributed by atoms with Gasteiger partial charge >= 0.3 is 0 Å². The number of benzene rings is 7. The third kappa shape index (κ3) is 4.73. The monoisotopic (exact) mass is 615 g/mol. The molecule has 1 heteroatoms. The van der Waals surface area contributed by atoms with Gasteiger partial charge in [-0.25, -0.2) is 0 Å². The van der Waals surface area contributed by atoms with Crippen LogP contribution in [0.1, 0.15) is 43.9 Å². The lowest BCUT2D eigenvalue weighted by Gasteiger charge is -2.23. The predicted molar refractivity (Wildman–Crippen MR) is 206 cm³/mol. The van der Waals surface area contributed by atoms with Crippen LogP contribution in [0.5, 0.6) is 0 Å². The van der Waals surface area contributed by atoms with Crippen LogP contribution in [0.15, 0.2) is 140 Å². The van der Waals surface area contributed by atoms with E-state index in [9.17, 15) is 0 Å². The molecule has 7 aromatic carbocycles. The molecular formula is C47H37N. The van der Waals surface area contributed by atoms with Crippen LogP contribution in [0.4, 0.5) is 0 Å². The summed E-state index contributed by atoms with van der Waals surface area (Å²) in [5.74, 6) is 0. The van der Waals surface area contributed by atoms with Gasteiger partial charge in [0.15, 0.2) is 0 Å². The number of hydrogen-bond acceptors (Lipinski definition) is 1. The molecule has 1 nitrogen and oxygen atoms in total. The molecule has 0 saturated heterocycles. The van der Waals surface area contributed by atoms with E-state index in [-0.39, 0.29) is 5.41 Å². The second kappa shape index (κ2) is 11.0. The van der Waals surface area contributed by atoms with Crippen LogP contribution in [-0.2, 0) is 11.8 Å². The third-order valence-corrected chi connectivity index (χ3v) is 10.4. The maximum absolute atomic E-state index is 4.34. The van der Waals surface area contributed by atoms with Crippen LogP contribution in [0, 0.1) is 0 Å². The summed E-state index contributed by atoms with van der Waals surface area (Å²) in [6.07, 6.45) is 10.5. The molecule has 0 spiro atoms. The highest BCUT2D eigenvalue weighted by Crippen LogP contribution is 2.45. The third-order valence-electron chi connectivity index (χ3n) is 10.4. The van der Waals surface area contributed by atoms with Crippen molar-refractivity contribution in [1.82, 2.24) is 4.98 Å². The van der Waals surface area contributed by atoms with Gasteiger partial charge in [0, 0.05) is 12.4 Å². The summed E-state index contributed by atoms with van der Waals surface area (Å²) < 4.78 is 0. The average Bonchev–Trinajstić information content (AvgIpc) is 3.13. The first-order valence-corrected chi connectivity index (χ1v) is 17.1. The molecule has 0 radical (unpaired) electrons. The maximum Gasteiger partial charge on any atom is 0.0346 e. The fraction of sp³-hybridized carbons (Fsp3) is 0.128. The van der Waals surface area contributed by atoms with E-state index in [2.05, 4.69) is 153 Å². The Hall–Kier alpha value is -5.53. The molecule has 0 aliphatic heterocycles. The Morgan fingerprint density at radius 2 is 1.17 bits per heavy atom. The zero-order valence-electron chi connectivity index (χ0n) is 27.7. The summed E-state index contributed by atoms with van der Waals surface area (Å²) in [5, 5.41) is 7.92. The van der Waals surface area contributed by atoms with Gasteiger partial charge in [0.1, 0.15) is 0 Å². The van der Waals surface area contributed by atoms with Crippen molar-refractivity contribution in [2.24, 2.45) is 0 Å². The van der Waals surface area contributed by atoms with E-state index >= 15 is 0 Å². The minimum Gasteiger partial charge on any atom is -0.264 e. The fourth-order valence-electron chi connectivity index (χ4n) is 7.78. The number of pyridine rings is 1. The lowest BCUT2D eigenvalue weighted by atomic mass is 9.81. The largest absolute Gasteiger partial charge is 0.264 e. The number of rotatable bonds is 4. The van der Waals surface area contributed by atoms with Crippen molar-refractivity contribution in [3.8, 4) is 44.5 Å². The topological polar surface area (TPSA) is 12.9 Å². The highest BCUT2D eigenvalue weighted by atomic mass is 14.6. The Balaban J connectivity index is 1.26. The van der Waals surface area contributed by atoms with E-state index < -0.39 is 0 Å². The van der Waals surface area contributed by atoms with Crippen LogP contribution in [0.2, 0.25) is 0 Å². The van der Waals surface area contributed by atoms with Crippen molar-refractivity contribution in [3.63, 3.8) is 0 Å². The van der Waals surface area contributed by atoms with E-state index in [4.69, 9.17) is 0 Å². The molecule has 0 fully saturated rings. The van der Waals surface area contributed by atoms with E-state index in [1.54, 1.807) is 0 Å². The first-order valence-electron chi connectivity index (χ1n) is 17.1. The number of aromatic nitrogens is 1. The van der Waals surface area contributed by atoms with Crippen molar-refractivity contribution < 1.29 is 0 Å². The van der Waals surface area contributed by atoms with Gasteiger partial charge in [-0.3, -0.25) is 4.98 Å². The highest BCUT2D eigenvalue weighted by Gasteiger charge is 2.20. The molecule has 0 saturated carbocycles. The summed E-state index contributed by atoms with van der Waals surface area (Å²) in [6.45, 7) is 6.91. The number of nitrogens with zero attached hydrogens (tertiary/aromatic N) is 1. The molecule has 1 aliphatic rings. The van der Waals surface area contributed by atoms with Crippen LogP contribution in [0.3, 0.4) is 0 Å². The second-order valence-corrected chi connectivity index (χ2v) is 14.3. The Bertz CT molecular complexity index is 2470. The van der Waals surface area contributed by atoms with Crippen LogP contribution in [-0.4, -0.2) is 4.98 Å². The lowest BCUT2D eigenvalue weighted by Crippen LogP contribution is -2.10. The average molecular weight is 616 g/mol. The molecule has 0 N–H and O–H groups in total. The quantitative estimate of drug-likeness (QED) is 0.180. The van der Waals surface area contributed by atoms with Gasteiger partial charge in [0.2, 0.25) is 0 Å². The first kappa shape index (κ1) is 28.7. The summed E-state index contributed by atoms with van der Waals surface area (Å²) in [4.78, 5) is 4.34. The van der Waals surface area contributed by atoms with Gasteiger partial charge in [0.05, 0.1) is 0 Å². The second-order valence-electron chi connectivity index (χ2n) is 14.3. The summed E-state index contributed by atoms with van der Waals surface area (Å²) in [7, 11) is 0. The predicted octanol–water partition coefficient (Wildman–Crippen LogP) is 12.9. The first-order chi connectivity index (χ1) is 23.4. The number of hydrogen-bond donors (Lipinski definition) is 0. The van der Waals surface area contributed by atoms with Gasteiger partial charge < -0.3 is 0 Å². The van der Waals surface area contributed by atoms with Crippen molar-refractivity contribution >= 4 is 38.4 Å². The zero-order chi connectivity index (χ0) is 32.4. The van der Waals surface area contributed by atoms with Crippen molar-refractivity contribution in [2.45, 2.75) is 39.0 Å². The van der Waals surface area contributed by atoms with E-state index in [1.807, 2.05) is 18.5 Å². The minimum absolute atomic E-state index is 0.0762. The SMILES string of the molecule is CC(C)(C)c1cc2ccc3c(-c4ccc(-c5cccnc5)cc4)cc(-c4ccc(-c5cccc6c5CCC=C6)cc4)c4ccc(c1)c2c34. The fourth-order valence-corrected chi connectivity index (χ4v) is 7.78. The van der Waals surface area contributed by atoms with Crippen molar-refractivity contribution in [2.75, 3.05) is 0 Å².